The van der Waals surface area contributed by atoms with Crippen molar-refractivity contribution in [2.45, 2.75) is 0 Å². The van der Waals surface area contributed by atoms with Gasteiger partial charge in [-0.2, -0.15) is 0 Å². The summed E-state index contributed by atoms with van der Waals surface area (Å²) in [5.74, 6) is 0. The van der Waals surface area contributed by atoms with E-state index in [-0.39, 0.29) is 0 Å². The van der Waals surface area contributed by atoms with Crippen molar-refractivity contribution in [3.8, 4) is 22.3 Å². The van der Waals surface area contributed by atoms with Crippen molar-refractivity contribution in [1.82, 2.24) is 0 Å². The molecule has 0 N–H and O–H groups in total. The monoisotopic (exact) mass is 643 g/mol. The molecule has 10 rings (SSSR count). The quantitative estimate of drug-likeness (QED) is 0.186. The van der Waals surface area contributed by atoms with Crippen LogP contribution < -0.4 is 4.90 Å². The molecule has 0 spiro atoms. The molecule has 230 valence electrons. The van der Waals surface area contributed by atoms with E-state index in [9.17, 15) is 0 Å². The predicted octanol–water partition coefficient (Wildman–Crippen LogP) is 13.9. The molecule has 0 fully saturated rings. The van der Waals surface area contributed by atoms with Crippen LogP contribution in [0.4, 0.5) is 17.1 Å². The van der Waals surface area contributed by atoms with Crippen LogP contribution in [0.5, 0.6) is 0 Å². The fraction of sp³-hybridized carbons (Fsp3) is 0. The molecule has 8 aromatic carbocycles. The van der Waals surface area contributed by atoms with Crippen molar-refractivity contribution in [3.05, 3.63) is 176 Å². The van der Waals surface area contributed by atoms with Crippen LogP contribution in [-0.4, -0.2) is 0 Å². The summed E-state index contributed by atoms with van der Waals surface area (Å²) in [5.41, 5.74) is 9.79. The minimum absolute atomic E-state index is 0.873. The first-order chi connectivity index (χ1) is 24.3. The number of rotatable bonds is 5. The number of hydrogen-bond donors (Lipinski definition) is 0. The van der Waals surface area contributed by atoms with Gasteiger partial charge in [0, 0.05) is 36.8 Å². The standard InChI is InChI=1S/C46H29NOS/c1-2-13-31-28-33(27-26-30(31)12-1)32-14-9-15-34(29-32)47(40-21-11-23-42-46(40)37-17-4-7-22-41(37)48-42)39-20-6-3-16-35(39)36-19-10-25-44-45(36)38-18-5-8-24-43(38)49-44/h1-29H. The Labute approximate surface area is 287 Å². The Kier molecular flexibility index (Phi) is 6.39. The normalized spacial score (nSPS) is 11.7. The Balaban J connectivity index is 1.26. The van der Waals surface area contributed by atoms with Crippen molar-refractivity contribution >= 4 is 81.3 Å². The highest BCUT2D eigenvalue weighted by Crippen LogP contribution is 2.48. The van der Waals surface area contributed by atoms with E-state index >= 15 is 0 Å². The molecule has 0 unspecified atom stereocenters. The minimum atomic E-state index is 0.873. The van der Waals surface area contributed by atoms with Gasteiger partial charge in [0.15, 0.2) is 0 Å². The number of hydrogen-bond acceptors (Lipinski definition) is 3. The molecule has 0 amide bonds. The number of thiophene rings is 1. The number of fused-ring (bicyclic) bond motifs is 7. The molecule has 0 saturated carbocycles. The molecule has 2 nitrogen and oxygen atoms in total. The van der Waals surface area contributed by atoms with Crippen molar-refractivity contribution in [2.24, 2.45) is 0 Å². The molecule has 10 aromatic rings. The topological polar surface area (TPSA) is 16.4 Å². The largest absolute Gasteiger partial charge is 0.456 e. The van der Waals surface area contributed by atoms with E-state index in [4.69, 9.17) is 4.42 Å². The van der Waals surface area contributed by atoms with E-state index in [1.165, 1.54) is 53.2 Å². The zero-order chi connectivity index (χ0) is 32.3. The van der Waals surface area contributed by atoms with Gasteiger partial charge in [0.1, 0.15) is 11.2 Å². The van der Waals surface area contributed by atoms with E-state index in [0.29, 0.717) is 0 Å². The van der Waals surface area contributed by atoms with E-state index in [1.807, 2.05) is 17.4 Å². The van der Waals surface area contributed by atoms with E-state index in [2.05, 4.69) is 175 Å². The van der Waals surface area contributed by atoms with Gasteiger partial charge in [-0.25, -0.2) is 0 Å². The van der Waals surface area contributed by atoms with Gasteiger partial charge in [-0.05, 0) is 82.1 Å². The van der Waals surface area contributed by atoms with E-state index in [1.54, 1.807) is 0 Å². The van der Waals surface area contributed by atoms with Crippen LogP contribution in [0.3, 0.4) is 0 Å². The SMILES string of the molecule is c1cc(-c2ccc3ccccc3c2)cc(N(c2ccccc2-c2cccc3sc4ccccc4c23)c2cccc3oc4ccccc4c23)c1. The second-order valence-electron chi connectivity index (χ2n) is 12.5. The van der Waals surface area contributed by atoms with Crippen LogP contribution >= 0.6 is 11.3 Å². The van der Waals surface area contributed by atoms with Crippen LogP contribution in [0.1, 0.15) is 0 Å². The molecule has 0 aliphatic carbocycles. The van der Waals surface area contributed by atoms with Crippen LogP contribution in [0.15, 0.2) is 180 Å². The summed E-state index contributed by atoms with van der Waals surface area (Å²) >= 11 is 1.86. The fourth-order valence-electron chi connectivity index (χ4n) is 7.44. The number of para-hydroxylation sites is 2. The predicted molar refractivity (Wildman–Crippen MR) is 210 cm³/mol. The maximum Gasteiger partial charge on any atom is 0.137 e. The number of nitrogens with zero attached hydrogens (tertiary/aromatic N) is 1. The summed E-state index contributed by atoms with van der Waals surface area (Å²) in [7, 11) is 0. The van der Waals surface area contributed by atoms with Gasteiger partial charge >= 0.3 is 0 Å². The van der Waals surface area contributed by atoms with Crippen LogP contribution in [0.25, 0.3) is 75.1 Å². The maximum absolute atomic E-state index is 6.43. The second kappa shape index (κ2) is 11.2. The summed E-state index contributed by atoms with van der Waals surface area (Å²) in [4.78, 5) is 2.43. The van der Waals surface area contributed by atoms with Crippen LogP contribution in [0, 0.1) is 0 Å². The third kappa shape index (κ3) is 4.55. The molecule has 0 atom stereocenters. The number of benzene rings is 8. The van der Waals surface area contributed by atoms with Gasteiger partial charge in [0.05, 0.1) is 16.8 Å². The molecule has 2 aromatic heterocycles. The molecular weight excluding hydrogens is 615 g/mol. The van der Waals surface area contributed by atoms with E-state index in [0.717, 1.165) is 39.0 Å². The highest BCUT2D eigenvalue weighted by atomic mass is 32.1. The van der Waals surface area contributed by atoms with Gasteiger partial charge in [0.2, 0.25) is 0 Å². The lowest BCUT2D eigenvalue weighted by atomic mass is 9.96. The number of furan rings is 1. The van der Waals surface area contributed by atoms with Gasteiger partial charge in [-0.3, -0.25) is 0 Å². The Bertz CT molecular complexity index is 2860. The van der Waals surface area contributed by atoms with Crippen LogP contribution in [-0.2, 0) is 0 Å². The average Bonchev–Trinajstić information content (AvgIpc) is 3.74. The molecule has 0 radical (unpaired) electrons. The number of anilines is 3. The third-order valence-electron chi connectivity index (χ3n) is 9.65. The summed E-state index contributed by atoms with van der Waals surface area (Å²) in [6.45, 7) is 0. The Morgan fingerprint density at radius 2 is 1.08 bits per heavy atom. The lowest BCUT2D eigenvalue weighted by Gasteiger charge is -2.29. The lowest BCUT2D eigenvalue weighted by molar-refractivity contribution is 0.669. The Morgan fingerprint density at radius 1 is 0.408 bits per heavy atom. The van der Waals surface area contributed by atoms with Crippen LogP contribution in [0.2, 0.25) is 0 Å². The maximum atomic E-state index is 6.43. The highest BCUT2D eigenvalue weighted by molar-refractivity contribution is 7.25. The molecule has 0 saturated heterocycles. The van der Waals surface area contributed by atoms with Crippen molar-refractivity contribution in [3.63, 3.8) is 0 Å². The molecule has 2 heterocycles. The summed E-state index contributed by atoms with van der Waals surface area (Å²) < 4.78 is 9.03. The first-order valence-corrected chi connectivity index (χ1v) is 17.4. The minimum Gasteiger partial charge on any atom is -0.456 e. The average molecular weight is 644 g/mol. The Morgan fingerprint density at radius 3 is 2.04 bits per heavy atom. The molecule has 0 aliphatic heterocycles. The Hall–Kier alpha value is -6.16. The molecule has 0 bridgehead atoms. The smallest absolute Gasteiger partial charge is 0.137 e. The first kappa shape index (κ1) is 27.9. The molecule has 3 heteroatoms. The lowest BCUT2D eigenvalue weighted by Crippen LogP contribution is -2.11. The zero-order valence-corrected chi connectivity index (χ0v) is 27.3. The van der Waals surface area contributed by atoms with Gasteiger partial charge in [-0.1, -0.05) is 121 Å². The third-order valence-corrected chi connectivity index (χ3v) is 10.8. The van der Waals surface area contributed by atoms with Gasteiger partial charge in [0.25, 0.3) is 0 Å². The van der Waals surface area contributed by atoms with Crippen molar-refractivity contribution in [1.29, 1.82) is 0 Å². The van der Waals surface area contributed by atoms with Gasteiger partial charge in [-0.15, -0.1) is 11.3 Å². The van der Waals surface area contributed by atoms with Crippen molar-refractivity contribution < 1.29 is 4.42 Å². The van der Waals surface area contributed by atoms with E-state index < -0.39 is 0 Å². The van der Waals surface area contributed by atoms with Gasteiger partial charge < -0.3 is 9.32 Å². The summed E-state index contributed by atoms with van der Waals surface area (Å²) in [6.07, 6.45) is 0. The fourth-order valence-corrected chi connectivity index (χ4v) is 8.57. The van der Waals surface area contributed by atoms with Crippen molar-refractivity contribution in [2.75, 3.05) is 4.90 Å². The first-order valence-electron chi connectivity index (χ1n) is 16.6. The zero-order valence-electron chi connectivity index (χ0n) is 26.5. The summed E-state index contributed by atoms with van der Waals surface area (Å²) in [6, 6.07) is 63.3. The summed E-state index contributed by atoms with van der Waals surface area (Å²) in [5, 5.41) is 7.27. The highest BCUT2D eigenvalue weighted by Gasteiger charge is 2.23. The molecule has 49 heavy (non-hydrogen) atoms. The second-order valence-corrected chi connectivity index (χ2v) is 13.6. The molecular formula is C46H29NOS. The molecule has 0 aliphatic rings.